The van der Waals surface area contributed by atoms with Crippen LogP contribution in [0.2, 0.25) is 5.02 Å². The first-order valence-electron chi connectivity index (χ1n) is 5.11. The lowest BCUT2D eigenvalue weighted by Crippen LogP contribution is -2.25. The molecule has 0 atom stereocenters. The summed E-state index contributed by atoms with van der Waals surface area (Å²) >= 11 is 17.1. The van der Waals surface area contributed by atoms with Gasteiger partial charge in [-0.3, -0.25) is 0 Å². The predicted octanol–water partition coefficient (Wildman–Crippen LogP) is 5.28. The summed E-state index contributed by atoms with van der Waals surface area (Å²) in [5.74, 6) is -1.03. The molecule has 0 radical (unpaired) electrons. The fourth-order valence-corrected chi connectivity index (χ4v) is 2.04. The van der Waals surface area contributed by atoms with Crippen molar-refractivity contribution in [3.63, 3.8) is 0 Å². The fraction of sp³-hybridized carbons (Fsp3) is 0. The maximum Gasteiger partial charge on any atom is 0.149 e. The Bertz CT molecular complexity index is 576. The highest BCUT2D eigenvalue weighted by Gasteiger charge is 2.19. The van der Waals surface area contributed by atoms with Gasteiger partial charge < -0.3 is 0 Å². The summed E-state index contributed by atoms with van der Waals surface area (Å²) in [4.78, 5) is 0. The molecule has 0 aromatic heterocycles. The van der Waals surface area contributed by atoms with Crippen LogP contribution in [0.25, 0.3) is 0 Å². The molecule has 7 heteroatoms. The molecule has 0 fully saturated rings. The number of hydrogen-bond donors (Lipinski definition) is 0. The van der Waals surface area contributed by atoms with Crippen molar-refractivity contribution in [3.8, 4) is 0 Å². The first-order chi connectivity index (χ1) is 8.99. The second-order valence-corrected chi connectivity index (χ2v) is 4.85. The number of rotatable bonds is 3. The lowest BCUT2D eigenvalue weighted by molar-refractivity contribution is 0.606. The molecule has 0 saturated heterocycles. The molecule has 0 aliphatic carbocycles. The van der Waals surface area contributed by atoms with Crippen LogP contribution in [0.15, 0.2) is 42.5 Å². The Balaban J connectivity index is 2.48. The van der Waals surface area contributed by atoms with E-state index in [1.807, 2.05) is 0 Å². The van der Waals surface area contributed by atoms with Crippen molar-refractivity contribution in [2.75, 3.05) is 5.01 Å². The van der Waals surface area contributed by atoms with Gasteiger partial charge in [-0.2, -0.15) is 0 Å². The van der Waals surface area contributed by atoms with Gasteiger partial charge in [0, 0.05) is 28.6 Å². The van der Waals surface area contributed by atoms with Gasteiger partial charge in [0.1, 0.15) is 11.6 Å². The Hall–Kier alpha value is -1.07. The molecule has 0 bridgehead atoms. The van der Waals surface area contributed by atoms with Crippen LogP contribution in [0.1, 0.15) is 0 Å². The normalized spacial score (nSPS) is 10.8. The number of halogens is 5. The number of anilines is 2. The second-order valence-electron chi connectivity index (χ2n) is 3.60. The van der Waals surface area contributed by atoms with Gasteiger partial charge in [-0.1, -0.05) is 11.6 Å². The summed E-state index contributed by atoms with van der Waals surface area (Å²) in [5.41, 5.74) is 0.480. The third-order valence-corrected chi connectivity index (χ3v) is 2.90. The van der Waals surface area contributed by atoms with E-state index >= 15 is 0 Å². The maximum atomic E-state index is 13.9. The van der Waals surface area contributed by atoms with E-state index in [4.69, 9.17) is 35.2 Å². The highest BCUT2D eigenvalue weighted by atomic mass is 35.5. The lowest BCUT2D eigenvalue weighted by atomic mass is 10.2. The molecule has 0 amide bonds. The molecule has 2 nitrogen and oxygen atoms in total. The van der Waals surface area contributed by atoms with Crippen molar-refractivity contribution in [2.45, 2.75) is 0 Å². The maximum absolute atomic E-state index is 13.9. The van der Waals surface area contributed by atoms with Crippen LogP contribution < -0.4 is 5.01 Å². The van der Waals surface area contributed by atoms with Crippen molar-refractivity contribution in [1.29, 1.82) is 0 Å². The van der Waals surface area contributed by atoms with E-state index in [0.29, 0.717) is 9.73 Å². The highest BCUT2D eigenvalue weighted by molar-refractivity contribution is 6.35. The minimum absolute atomic E-state index is 0.0843. The van der Waals surface area contributed by atoms with Crippen LogP contribution in [-0.4, -0.2) is 4.05 Å². The smallest absolute Gasteiger partial charge is 0.149 e. The van der Waals surface area contributed by atoms with E-state index in [-0.39, 0.29) is 10.7 Å². The fourth-order valence-electron chi connectivity index (χ4n) is 1.54. The second kappa shape index (κ2) is 5.92. The molecule has 0 spiro atoms. The van der Waals surface area contributed by atoms with Crippen LogP contribution in [0.4, 0.5) is 20.2 Å². The standard InChI is InChI=1S/C12H7Cl3F2N2/c13-8-1-6-12(11(17)7-8)18(19(14)15)10-4-2-9(16)3-5-10/h1-7H. The van der Waals surface area contributed by atoms with Crippen LogP contribution in [0, 0.1) is 11.6 Å². The predicted molar refractivity (Wildman–Crippen MR) is 73.5 cm³/mol. The van der Waals surface area contributed by atoms with Gasteiger partial charge in [0.25, 0.3) is 0 Å². The van der Waals surface area contributed by atoms with E-state index in [9.17, 15) is 8.78 Å². The number of hydrazine groups is 1. The summed E-state index contributed by atoms with van der Waals surface area (Å²) in [5, 5.41) is 1.41. The van der Waals surface area contributed by atoms with Crippen molar-refractivity contribution < 1.29 is 8.78 Å². The van der Waals surface area contributed by atoms with Gasteiger partial charge in [-0.25, -0.2) is 13.8 Å². The summed E-state index contributed by atoms with van der Waals surface area (Å²) in [6, 6.07) is 9.31. The molecule has 100 valence electrons. The number of benzene rings is 2. The van der Waals surface area contributed by atoms with E-state index in [0.717, 1.165) is 11.1 Å². The number of hydrogen-bond acceptors (Lipinski definition) is 2. The Labute approximate surface area is 123 Å². The quantitative estimate of drug-likeness (QED) is 0.560. The molecular weight excluding hydrogens is 317 g/mol. The Morgan fingerprint density at radius 1 is 0.895 bits per heavy atom. The van der Waals surface area contributed by atoms with Crippen LogP contribution in [-0.2, 0) is 0 Å². The molecule has 0 heterocycles. The van der Waals surface area contributed by atoms with E-state index in [2.05, 4.69) is 0 Å². The monoisotopic (exact) mass is 322 g/mol. The van der Waals surface area contributed by atoms with E-state index < -0.39 is 11.6 Å². The Morgan fingerprint density at radius 2 is 1.53 bits per heavy atom. The summed E-state index contributed by atoms with van der Waals surface area (Å²) in [7, 11) is 0. The minimum atomic E-state index is -0.608. The molecule has 19 heavy (non-hydrogen) atoms. The van der Waals surface area contributed by atoms with Gasteiger partial charge in [-0.15, -0.1) is 0 Å². The minimum Gasteiger partial charge on any atom is -0.243 e. The molecule has 2 rings (SSSR count). The number of nitrogens with zero attached hydrogens (tertiary/aromatic N) is 2. The topological polar surface area (TPSA) is 6.48 Å². The zero-order valence-corrected chi connectivity index (χ0v) is 11.6. The summed E-state index contributed by atoms with van der Waals surface area (Å²) in [6.45, 7) is 0. The zero-order chi connectivity index (χ0) is 14.0. The first-order valence-corrected chi connectivity index (χ1v) is 6.17. The molecular formula is C12H7Cl3F2N2. The zero-order valence-electron chi connectivity index (χ0n) is 9.33. The van der Waals surface area contributed by atoms with Gasteiger partial charge in [0.15, 0.2) is 0 Å². The average molecular weight is 324 g/mol. The van der Waals surface area contributed by atoms with Gasteiger partial charge in [0.2, 0.25) is 0 Å². The van der Waals surface area contributed by atoms with Crippen molar-refractivity contribution >= 4 is 46.5 Å². The van der Waals surface area contributed by atoms with Crippen LogP contribution in [0.3, 0.4) is 0 Å². The third-order valence-electron chi connectivity index (χ3n) is 2.36. The van der Waals surface area contributed by atoms with Gasteiger partial charge in [0.05, 0.1) is 11.4 Å². The summed E-state index contributed by atoms with van der Waals surface area (Å²) < 4.78 is 27.4. The molecule has 0 unspecified atom stereocenters. The molecule has 0 saturated carbocycles. The Morgan fingerprint density at radius 3 is 2.05 bits per heavy atom. The molecule has 0 aliphatic rings. The van der Waals surface area contributed by atoms with Crippen molar-refractivity contribution in [3.05, 3.63) is 59.1 Å². The summed E-state index contributed by atoms with van der Waals surface area (Å²) in [6.07, 6.45) is 0. The third kappa shape index (κ3) is 3.28. The van der Waals surface area contributed by atoms with Gasteiger partial charge in [-0.05, 0) is 46.5 Å². The molecule has 2 aromatic carbocycles. The van der Waals surface area contributed by atoms with Crippen molar-refractivity contribution in [1.82, 2.24) is 4.05 Å². The lowest BCUT2D eigenvalue weighted by Gasteiger charge is -2.26. The molecule has 2 aromatic rings. The molecule has 0 aliphatic heterocycles. The SMILES string of the molecule is Fc1ccc(N(c2ccc(Cl)cc2F)N(Cl)Cl)cc1. The Kier molecular flexibility index (Phi) is 4.47. The first kappa shape index (κ1) is 14.3. The average Bonchev–Trinajstić information content (AvgIpc) is 2.34. The largest absolute Gasteiger partial charge is 0.243 e. The van der Waals surface area contributed by atoms with Crippen LogP contribution in [0.5, 0.6) is 0 Å². The molecule has 0 N–H and O–H groups in total. The highest BCUT2D eigenvalue weighted by Crippen LogP contribution is 2.33. The van der Waals surface area contributed by atoms with E-state index in [1.54, 1.807) is 0 Å². The van der Waals surface area contributed by atoms with Crippen molar-refractivity contribution in [2.24, 2.45) is 0 Å². The van der Waals surface area contributed by atoms with E-state index in [1.165, 1.54) is 36.4 Å². The van der Waals surface area contributed by atoms with Crippen LogP contribution >= 0.6 is 35.2 Å². The van der Waals surface area contributed by atoms with Gasteiger partial charge >= 0.3 is 0 Å².